The van der Waals surface area contributed by atoms with Gasteiger partial charge in [0.2, 0.25) is 0 Å². The molecule has 0 amide bonds. The molecular formula is C22H21NO2. The van der Waals surface area contributed by atoms with Gasteiger partial charge in [-0.15, -0.1) is 0 Å². The molecule has 0 aromatic heterocycles. The van der Waals surface area contributed by atoms with Crippen LogP contribution in [-0.2, 0) is 5.54 Å². The number of benzene rings is 3. The number of methoxy groups -OCH3 is 2. The smallest absolute Gasteiger partial charge is 0.135 e. The molecule has 25 heavy (non-hydrogen) atoms. The molecule has 0 heterocycles. The second kappa shape index (κ2) is 7.22. The van der Waals surface area contributed by atoms with Gasteiger partial charge >= 0.3 is 0 Å². The number of nitrogens with zero attached hydrogens (tertiary/aromatic N) is 1. The Bertz CT molecular complexity index is 777. The zero-order valence-corrected chi connectivity index (χ0v) is 14.5. The third kappa shape index (κ3) is 3.01. The average molecular weight is 331 g/mol. The summed E-state index contributed by atoms with van der Waals surface area (Å²) >= 11 is 0. The Morgan fingerprint density at radius 3 is 1.40 bits per heavy atom. The molecule has 3 aromatic carbocycles. The molecule has 0 spiro atoms. The lowest BCUT2D eigenvalue weighted by Crippen LogP contribution is -2.26. The summed E-state index contributed by atoms with van der Waals surface area (Å²) in [4.78, 5) is 4.61. The first-order chi connectivity index (χ1) is 12.2. The molecule has 0 radical (unpaired) electrons. The molecule has 0 fully saturated rings. The normalized spacial score (nSPS) is 11.0. The zero-order chi connectivity index (χ0) is 17.7. The molecule has 0 saturated carbocycles. The van der Waals surface area contributed by atoms with Crippen LogP contribution in [0, 0.1) is 0 Å². The number of rotatable bonds is 6. The SMILES string of the molecule is C=NC(c1ccccc1)(c1ccc(OC)cc1)c1ccc(OC)cc1. The van der Waals surface area contributed by atoms with E-state index in [9.17, 15) is 0 Å². The lowest BCUT2D eigenvalue weighted by atomic mass is 9.77. The first-order valence-corrected chi connectivity index (χ1v) is 8.07. The largest absolute Gasteiger partial charge is 0.497 e. The van der Waals surface area contributed by atoms with Gasteiger partial charge in [-0.1, -0.05) is 54.6 Å². The van der Waals surface area contributed by atoms with Gasteiger partial charge in [0.1, 0.15) is 17.0 Å². The quantitative estimate of drug-likeness (QED) is 0.484. The van der Waals surface area contributed by atoms with E-state index in [2.05, 4.69) is 23.8 Å². The van der Waals surface area contributed by atoms with E-state index in [1.54, 1.807) is 14.2 Å². The van der Waals surface area contributed by atoms with Crippen LogP contribution in [-0.4, -0.2) is 20.9 Å². The molecule has 0 aliphatic carbocycles. The van der Waals surface area contributed by atoms with Crippen molar-refractivity contribution >= 4 is 6.72 Å². The molecular weight excluding hydrogens is 310 g/mol. The van der Waals surface area contributed by atoms with Crippen LogP contribution in [0.15, 0.2) is 83.9 Å². The summed E-state index contributed by atoms with van der Waals surface area (Å²) in [5.74, 6) is 1.62. The van der Waals surface area contributed by atoms with Crippen LogP contribution in [0.2, 0.25) is 0 Å². The van der Waals surface area contributed by atoms with Crippen molar-refractivity contribution in [2.24, 2.45) is 4.99 Å². The van der Waals surface area contributed by atoms with Gasteiger partial charge in [-0.25, -0.2) is 0 Å². The molecule has 0 atom stereocenters. The Kier molecular flexibility index (Phi) is 4.85. The third-order valence-corrected chi connectivity index (χ3v) is 4.44. The van der Waals surface area contributed by atoms with Crippen molar-refractivity contribution < 1.29 is 9.47 Å². The molecule has 0 saturated heterocycles. The van der Waals surface area contributed by atoms with E-state index in [0.717, 1.165) is 28.2 Å². The van der Waals surface area contributed by atoms with Crippen LogP contribution < -0.4 is 9.47 Å². The van der Waals surface area contributed by atoms with Crippen molar-refractivity contribution in [3.63, 3.8) is 0 Å². The highest BCUT2D eigenvalue weighted by molar-refractivity contribution is 5.54. The summed E-state index contributed by atoms with van der Waals surface area (Å²) in [6, 6.07) is 26.1. The minimum absolute atomic E-state index is 0.695. The van der Waals surface area contributed by atoms with E-state index < -0.39 is 5.54 Å². The predicted octanol–water partition coefficient (Wildman–Crippen LogP) is 4.70. The molecule has 0 N–H and O–H groups in total. The van der Waals surface area contributed by atoms with E-state index >= 15 is 0 Å². The Labute approximate surface area is 148 Å². The first kappa shape index (κ1) is 16.8. The van der Waals surface area contributed by atoms with Crippen LogP contribution >= 0.6 is 0 Å². The summed E-state index contributed by atoms with van der Waals surface area (Å²) < 4.78 is 10.6. The topological polar surface area (TPSA) is 30.8 Å². The molecule has 3 aromatic rings. The van der Waals surface area contributed by atoms with Crippen molar-refractivity contribution in [1.82, 2.24) is 0 Å². The Balaban J connectivity index is 2.23. The van der Waals surface area contributed by atoms with Gasteiger partial charge in [0, 0.05) is 0 Å². The minimum Gasteiger partial charge on any atom is -0.497 e. The summed E-state index contributed by atoms with van der Waals surface area (Å²) in [5.41, 5.74) is 2.42. The molecule has 0 aliphatic heterocycles. The highest BCUT2D eigenvalue weighted by atomic mass is 16.5. The van der Waals surface area contributed by atoms with Gasteiger partial charge in [0.15, 0.2) is 0 Å². The van der Waals surface area contributed by atoms with Gasteiger partial charge in [-0.2, -0.15) is 0 Å². The lowest BCUT2D eigenvalue weighted by molar-refractivity contribution is 0.414. The molecule has 3 nitrogen and oxygen atoms in total. The molecule has 0 bridgehead atoms. The van der Waals surface area contributed by atoms with Crippen molar-refractivity contribution in [2.75, 3.05) is 14.2 Å². The molecule has 3 rings (SSSR count). The van der Waals surface area contributed by atoms with Crippen molar-refractivity contribution in [3.05, 3.63) is 95.6 Å². The van der Waals surface area contributed by atoms with Crippen LogP contribution in [0.25, 0.3) is 0 Å². The van der Waals surface area contributed by atoms with Gasteiger partial charge in [0.25, 0.3) is 0 Å². The van der Waals surface area contributed by atoms with E-state index in [0.29, 0.717) is 0 Å². The fourth-order valence-electron chi connectivity index (χ4n) is 3.12. The van der Waals surface area contributed by atoms with Crippen LogP contribution in [0.4, 0.5) is 0 Å². The predicted molar refractivity (Wildman–Crippen MR) is 102 cm³/mol. The Morgan fingerprint density at radius 2 is 1.04 bits per heavy atom. The summed E-state index contributed by atoms with van der Waals surface area (Å²) in [6.45, 7) is 3.94. The van der Waals surface area contributed by atoms with E-state index in [1.165, 1.54) is 0 Å². The highest BCUT2D eigenvalue weighted by Crippen LogP contribution is 2.41. The summed E-state index contributed by atoms with van der Waals surface area (Å²) in [7, 11) is 3.32. The third-order valence-electron chi connectivity index (χ3n) is 4.44. The summed E-state index contributed by atoms with van der Waals surface area (Å²) in [5, 5.41) is 0. The summed E-state index contributed by atoms with van der Waals surface area (Å²) in [6.07, 6.45) is 0. The molecule has 0 unspecified atom stereocenters. The maximum absolute atomic E-state index is 5.29. The minimum atomic E-state index is -0.695. The van der Waals surface area contributed by atoms with Crippen LogP contribution in [0.3, 0.4) is 0 Å². The van der Waals surface area contributed by atoms with Gasteiger partial charge in [0.05, 0.1) is 14.2 Å². The first-order valence-electron chi connectivity index (χ1n) is 8.07. The number of aliphatic imine (C=N–C) groups is 1. The molecule has 126 valence electrons. The van der Waals surface area contributed by atoms with E-state index in [4.69, 9.17) is 9.47 Å². The standard InChI is InChI=1S/C22H21NO2/c1-23-22(17-7-5-4-6-8-17,18-9-13-20(24-2)14-10-18)19-11-15-21(25-3)16-12-19/h4-16H,1H2,2-3H3. The second-order valence-electron chi connectivity index (χ2n) is 5.69. The highest BCUT2D eigenvalue weighted by Gasteiger charge is 2.35. The maximum Gasteiger partial charge on any atom is 0.135 e. The van der Waals surface area contributed by atoms with Crippen molar-refractivity contribution in [1.29, 1.82) is 0 Å². The van der Waals surface area contributed by atoms with Crippen molar-refractivity contribution in [3.8, 4) is 11.5 Å². The fraction of sp³-hybridized carbons (Fsp3) is 0.136. The number of hydrogen-bond donors (Lipinski definition) is 0. The Hall–Kier alpha value is -3.07. The number of ether oxygens (including phenoxy) is 2. The Morgan fingerprint density at radius 1 is 0.640 bits per heavy atom. The van der Waals surface area contributed by atoms with Crippen molar-refractivity contribution in [2.45, 2.75) is 5.54 Å². The monoisotopic (exact) mass is 331 g/mol. The van der Waals surface area contributed by atoms with E-state index in [1.807, 2.05) is 66.7 Å². The molecule has 0 aliphatic rings. The van der Waals surface area contributed by atoms with Gasteiger partial charge in [-0.3, -0.25) is 4.99 Å². The van der Waals surface area contributed by atoms with E-state index in [-0.39, 0.29) is 0 Å². The second-order valence-corrected chi connectivity index (χ2v) is 5.69. The van der Waals surface area contributed by atoms with Crippen LogP contribution in [0.1, 0.15) is 16.7 Å². The van der Waals surface area contributed by atoms with Gasteiger partial charge < -0.3 is 9.47 Å². The zero-order valence-electron chi connectivity index (χ0n) is 14.5. The number of hydrogen-bond acceptors (Lipinski definition) is 3. The average Bonchev–Trinajstić information content (AvgIpc) is 2.71. The van der Waals surface area contributed by atoms with Crippen LogP contribution in [0.5, 0.6) is 11.5 Å². The fourth-order valence-corrected chi connectivity index (χ4v) is 3.12. The molecule has 3 heteroatoms. The van der Waals surface area contributed by atoms with Gasteiger partial charge in [-0.05, 0) is 47.7 Å². The lowest BCUT2D eigenvalue weighted by Gasteiger charge is -2.31. The maximum atomic E-state index is 5.29.